The Morgan fingerprint density at radius 2 is 1.76 bits per heavy atom. The Hall–Kier alpha value is -4.09. The lowest BCUT2D eigenvalue weighted by Crippen LogP contribution is -2.29. The van der Waals surface area contributed by atoms with Crippen LogP contribution in [0.15, 0.2) is 83.0 Å². The van der Waals surface area contributed by atoms with E-state index in [9.17, 15) is 19.1 Å². The molecule has 1 fully saturated rings. The van der Waals surface area contributed by atoms with Crippen LogP contribution in [0.25, 0.3) is 5.76 Å². The molecule has 3 heterocycles. The minimum Gasteiger partial charge on any atom is -0.507 e. The first-order valence-corrected chi connectivity index (χ1v) is 13.4. The van der Waals surface area contributed by atoms with E-state index in [1.54, 1.807) is 48.5 Å². The molecule has 192 valence electrons. The molecule has 0 radical (unpaired) electrons. The number of benzene rings is 2. The highest BCUT2D eigenvalue weighted by Gasteiger charge is 2.48. The highest BCUT2D eigenvalue weighted by atomic mass is 32.2. The fourth-order valence-corrected chi connectivity index (χ4v) is 5.83. The number of anilines is 1. The smallest absolute Gasteiger partial charge is 0.301 e. The number of rotatable bonds is 8. The van der Waals surface area contributed by atoms with Crippen molar-refractivity contribution in [3.63, 3.8) is 0 Å². The first kappa shape index (κ1) is 25.6. The maximum absolute atomic E-state index is 13.3. The molecule has 1 unspecified atom stereocenters. The van der Waals surface area contributed by atoms with E-state index in [0.717, 1.165) is 16.9 Å². The predicted molar refractivity (Wildman–Crippen MR) is 143 cm³/mol. The SMILES string of the molecule is CCOc1ccc(C2C(=C(O)c3ccncc3)C(=O)C(=O)N2c2nnc(SCc3ccc(F)cc3)s2)cc1. The van der Waals surface area contributed by atoms with Gasteiger partial charge in [0, 0.05) is 23.7 Å². The summed E-state index contributed by atoms with van der Waals surface area (Å²) in [5.74, 6) is -1.09. The number of carbonyl (C=O) groups is 2. The number of aliphatic hydroxyl groups is 1. The Kier molecular flexibility index (Phi) is 7.47. The van der Waals surface area contributed by atoms with Crippen molar-refractivity contribution in [2.75, 3.05) is 11.5 Å². The van der Waals surface area contributed by atoms with Crippen molar-refractivity contribution in [1.29, 1.82) is 0 Å². The van der Waals surface area contributed by atoms with E-state index in [1.807, 2.05) is 6.92 Å². The second-order valence-corrected chi connectivity index (χ2v) is 10.4. The molecule has 2 aromatic carbocycles. The first-order chi connectivity index (χ1) is 18.5. The third kappa shape index (κ3) is 5.15. The summed E-state index contributed by atoms with van der Waals surface area (Å²) in [6.45, 7) is 2.36. The highest BCUT2D eigenvalue weighted by Crippen LogP contribution is 2.44. The van der Waals surface area contributed by atoms with Gasteiger partial charge in [0.05, 0.1) is 18.2 Å². The fourth-order valence-electron chi connectivity index (χ4n) is 4.01. The van der Waals surface area contributed by atoms with E-state index >= 15 is 0 Å². The lowest BCUT2D eigenvalue weighted by molar-refractivity contribution is -0.132. The van der Waals surface area contributed by atoms with Crippen LogP contribution in [-0.2, 0) is 15.3 Å². The van der Waals surface area contributed by atoms with Crippen molar-refractivity contribution in [2.24, 2.45) is 0 Å². The predicted octanol–water partition coefficient (Wildman–Crippen LogP) is 5.39. The molecular formula is C27H21FN4O4S2. The maximum atomic E-state index is 13.3. The standard InChI is InChI=1S/C27H21FN4O4S2/c1-2-36-20-9-5-17(6-10-20)22-21(23(33)18-11-13-29-14-12-18)24(34)25(35)32(22)26-30-31-27(38-26)37-15-16-3-7-19(28)8-4-16/h3-14,22,33H,2,15H2,1H3. The molecule has 11 heteroatoms. The Morgan fingerprint density at radius 1 is 1.05 bits per heavy atom. The number of halogens is 1. The number of aromatic nitrogens is 3. The molecule has 1 aliphatic heterocycles. The molecule has 8 nitrogen and oxygen atoms in total. The van der Waals surface area contributed by atoms with Gasteiger partial charge in [-0.1, -0.05) is 47.4 Å². The lowest BCUT2D eigenvalue weighted by Gasteiger charge is -2.22. The minimum atomic E-state index is -0.929. The highest BCUT2D eigenvalue weighted by molar-refractivity contribution is 8.00. The number of thioether (sulfide) groups is 1. The van der Waals surface area contributed by atoms with Crippen LogP contribution in [0, 0.1) is 5.82 Å². The molecule has 0 saturated carbocycles. The summed E-state index contributed by atoms with van der Waals surface area (Å²) in [6.07, 6.45) is 2.98. The monoisotopic (exact) mass is 548 g/mol. The van der Waals surface area contributed by atoms with Gasteiger partial charge in [-0.15, -0.1) is 10.2 Å². The van der Waals surface area contributed by atoms with Crippen LogP contribution >= 0.6 is 23.1 Å². The molecule has 0 aliphatic carbocycles. The summed E-state index contributed by atoms with van der Waals surface area (Å²) in [7, 11) is 0. The molecule has 1 amide bonds. The molecule has 1 aliphatic rings. The van der Waals surface area contributed by atoms with Gasteiger partial charge in [-0.3, -0.25) is 19.5 Å². The Balaban J connectivity index is 1.52. The zero-order chi connectivity index (χ0) is 26.6. The van der Waals surface area contributed by atoms with E-state index in [0.29, 0.717) is 33.6 Å². The molecule has 1 N–H and O–H groups in total. The van der Waals surface area contributed by atoms with Gasteiger partial charge in [0.2, 0.25) is 5.13 Å². The summed E-state index contributed by atoms with van der Waals surface area (Å²) >= 11 is 2.54. The van der Waals surface area contributed by atoms with Crippen LogP contribution in [0.4, 0.5) is 9.52 Å². The molecule has 1 saturated heterocycles. The van der Waals surface area contributed by atoms with Gasteiger partial charge in [-0.05, 0) is 54.4 Å². The quantitative estimate of drug-likeness (QED) is 0.103. The van der Waals surface area contributed by atoms with Crippen molar-refractivity contribution < 1.29 is 23.8 Å². The van der Waals surface area contributed by atoms with Crippen molar-refractivity contribution in [1.82, 2.24) is 15.2 Å². The summed E-state index contributed by atoms with van der Waals surface area (Å²) < 4.78 is 19.3. The second-order valence-electron chi connectivity index (χ2n) is 8.17. The van der Waals surface area contributed by atoms with Crippen molar-refractivity contribution in [3.05, 3.63) is 101 Å². The first-order valence-electron chi connectivity index (χ1n) is 11.6. The van der Waals surface area contributed by atoms with E-state index < -0.39 is 17.7 Å². The number of hydrogen-bond acceptors (Lipinski definition) is 9. The Labute approximate surface area is 225 Å². The zero-order valence-electron chi connectivity index (χ0n) is 20.1. The van der Waals surface area contributed by atoms with E-state index in [-0.39, 0.29) is 22.3 Å². The number of ether oxygens (including phenoxy) is 1. The Morgan fingerprint density at radius 3 is 2.45 bits per heavy atom. The van der Waals surface area contributed by atoms with Crippen molar-refractivity contribution >= 4 is 45.7 Å². The van der Waals surface area contributed by atoms with Crippen LogP contribution in [0.3, 0.4) is 0 Å². The molecule has 1 atom stereocenters. The van der Waals surface area contributed by atoms with E-state index in [2.05, 4.69) is 15.2 Å². The van der Waals surface area contributed by atoms with Crippen LogP contribution in [0.1, 0.15) is 29.7 Å². The van der Waals surface area contributed by atoms with Gasteiger partial charge >= 0.3 is 5.91 Å². The van der Waals surface area contributed by atoms with Gasteiger partial charge in [0.1, 0.15) is 17.3 Å². The second kappa shape index (κ2) is 11.1. The number of nitrogens with zero attached hydrogens (tertiary/aromatic N) is 4. The third-order valence-electron chi connectivity index (χ3n) is 5.78. The summed E-state index contributed by atoms with van der Waals surface area (Å²) in [4.78, 5) is 31.8. The largest absolute Gasteiger partial charge is 0.507 e. The summed E-state index contributed by atoms with van der Waals surface area (Å²) in [5, 5.41) is 19.8. The minimum absolute atomic E-state index is 0.0546. The molecule has 2 aromatic heterocycles. The lowest BCUT2D eigenvalue weighted by atomic mass is 9.95. The van der Waals surface area contributed by atoms with Gasteiger partial charge in [0.15, 0.2) is 4.34 Å². The van der Waals surface area contributed by atoms with Gasteiger partial charge in [-0.2, -0.15) is 0 Å². The molecular weight excluding hydrogens is 527 g/mol. The zero-order valence-corrected chi connectivity index (χ0v) is 21.7. The number of carbonyl (C=O) groups excluding carboxylic acids is 2. The van der Waals surface area contributed by atoms with E-state index in [1.165, 1.54) is 41.2 Å². The Bertz CT molecular complexity index is 1490. The van der Waals surface area contributed by atoms with Gasteiger partial charge in [-0.25, -0.2) is 4.39 Å². The van der Waals surface area contributed by atoms with Crippen LogP contribution in [-0.4, -0.2) is 38.6 Å². The molecule has 5 rings (SSSR count). The normalized spacial score (nSPS) is 16.7. The number of aliphatic hydroxyl groups excluding tert-OH is 1. The molecule has 38 heavy (non-hydrogen) atoms. The van der Waals surface area contributed by atoms with Crippen LogP contribution in [0.2, 0.25) is 0 Å². The average molecular weight is 549 g/mol. The topological polar surface area (TPSA) is 106 Å². The summed E-state index contributed by atoms with van der Waals surface area (Å²) in [5.41, 5.74) is 1.81. The van der Waals surface area contributed by atoms with Crippen molar-refractivity contribution in [2.45, 2.75) is 23.1 Å². The molecule has 0 bridgehead atoms. The number of hydrogen-bond donors (Lipinski definition) is 1. The number of Topliss-reactive ketones (excluding diaryl/α,β-unsaturated/α-hetero) is 1. The molecule has 4 aromatic rings. The van der Waals surface area contributed by atoms with Crippen LogP contribution in [0.5, 0.6) is 5.75 Å². The van der Waals surface area contributed by atoms with Gasteiger partial charge < -0.3 is 9.84 Å². The van der Waals surface area contributed by atoms with Crippen LogP contribution < -0.4 is 9.64 Å². The van der Waals surface area contributed by atoms with E-state index in [4.69, 9.17) is 4.74 Å². The molecule has 0 spiro atoms. The fraction of sp³-hybridized carbons (Fsp3) is 0.148. The van der Waals surface area contributed by atoms with Crippen molar-refractivity contribution in [3.8, 4) is 5.75 Å². The average Bonchev–Trinajstić information content (AvgIpc) is 3.51. The number of amides is 1. The summed E-state index contributed by atoms with van der Waals surface area (Å²) in [6, 6.07) is 15.3. The number of ketones is 1. The van der Waals surface area contributed by atoms with Gasteiger partial charge in [0.25, 0.3) is 5.78 Å². The maximum Gasteiger partial charge on any atom is 0.301 e. The number of pyridine rings is 1. The third-order valence-corrected chi connectivity index (χ3v) is 7.91.